The molecule has 1 unspecified atom stereocenters. The van der Waals surface area contributed by atoms with Crippen molar-refractivity contribution < 1.29 is 0 Å². The minimum absolute atomic E-state index is 0.526. The highest BCUT2D eigenvalue weighted by atomic mass is 14.3. The number of hydrogen-bond donors (Lipinski definition) is 0. The molecule has 0 aliphatic rings. The zero-order valence-electron chi connectivity index (χ0n) is 12.1. The maximum absolute atomic E-state index is 2.46. The van der Waals surface area contributed by atoms with Crippen LogP contribution >= 0.6 is 0 Å². The van der Waals surface area contributed by atoms with Crippen LogP contribution in [0.3, 0.4) is 0 Å². The molecule has 0 heterocycles. The van der Waals surface area contributed by atoms with Crippen LogP contribution in [-0.4, -0.2) is 0 Å². The second kappa shape index (κ2) is 6.55. The first-order chi connectivity index (χ1) is 6.81. The van der Waals surface area contributed by atoms with E-state index in [-0.39, 0.29) is 0 Å². The maximum Gasteiger partial charge on any atom is -0.0324 e. The van der Waals surface area contributed by atoms with Gasteiger partial charge in [-0.3, -0.25) is 0 Å². The van der Waals surface area contributed by atoms with Gasteiger partial charge in [-0.1, -0.05) is 67.7 Å². The van der Waals surface area contributed by atoms with Gasteiger partial charge in [-0.05, 0) is 29.6 Å². The number of rotatable bonds is 7. The summed E-state index contributed by atoms with van der Waals surface area (Å²) in [6.07, 6.45) is 5.50. The fourth-order valence-electron chi connectivity index (χ4n) is 3.08. The van der Waals surface area contributed by atoms with Crippen molar-refractivity contribution in [1.29, 1.82) is 0 Å². The predicted molar refractivity (Wildman–Crippen MR) is 71.1 cm³/mol. The minimum atomic E-state index is 0.526. The van der Waals surface area contributed by atoms with Gasteiger partial charge in [0.1, 0.15) is 0 Å². The molecule has 0 nitrogen and oxygen atoms in total. The topological polar surface area (TPSA) is 0 Å². The Morgan fingerprint density at radius 2 is 1.53 bits per heavy atom. The summed E-state index contributed by atoms with van der Waals surface area (Å²) in [4.78, 5) is 0. The van der Waals surface area contributed by atoms with Crippen LogP contribution in [0.4, 0.5) is 0 Å². The van der Waals surface area contributed by atoms with Crippen molar-refractivity contribution in [2.24, 2.45) is 23.2 Å². The monoisotopic (exact) mass is 212 g/mol. The van der Waals surface area contributed by atoms with Gasteiger partial charge in [0.15, 0.2) is 0 Å². The van der Waals surface area contributed by atoms with E-state index < -0.39 is 0 Å². The molecule has 0 aromatic carbocycles. The standard InChI is InChI=1S/C15H32/c1-8-14(13(4)5)15(6,7)11-9-10-12(2)3/h12-14H,8-11H2,1-7H3. The molecule has 92 valence electrons. The highest BCUT2D eigenvalue weighted by Gasteiger charge is 2.29. The fraction of sp³-hybridized carbons (Fsp3) is 1.00. The Balaban J connectivity index is 4.13. The normalized spacial score (nSPS) is 15.0. The van der Waals surface area contributed by atoms with Crippen molar-refractivity contribution >= 4 is 0 Å². The van der Waals surface area contributed by atoms with Gasteiger partial charge in [-0.15, -0.1) is 0 Å². The summed E-state index contributed by atoms with van der Waals surface area (Å²) in [5.74, 6) is 2.56. The van der Waals surface area contributed by atoms with Crippen LogP contribution < -0.4 is 0 Å². The molecule has 0 radical (unpaired) electrons. The Morgan fingerprint density at radius 3 is 1.87 bits per heavy atom. The van der Waals surface area contributed by atoms with E-state index in [0.717, 1.165) is 17.8 Å². The second-order valence-corrected chi connectivity index (χ2v) is 6.53. The first-order valence-electron chi connectivity index (χ1n) is 6.81. The van der Waals surface area contributed by atoms with Crippen molar-refractivity contribution in [3.63, 3.8) is 0 Å². The summed E-state index contributed by atoms with van der Waals surface area (Å²) in [5, 5.41) is 0. The summed E-state index contributed by atoms with van der Waals surface area (Å²) in [7, 11) is 0. The van der Waals surface area contributed by atoms with Crippen LogP contribution in [0.25, 0.3) is 0 Å². The van der Waals surface area contributed by atoms with Crippen LogP contribution in [0, 0.1) is 23.2 Å². The van der Waals surface area contributed by atoms with Gasteiger partial charge in [0.05, 0.1) is 0 Å². The first-order valence-corrected chi connectivity index (χ1v) is 6.81. The van der Waals surface area contributed by atoms with Crippen LogP contribution in [-0.2, 0) is 0 Å². The molecule has 0 aliphatic heterocycles. The molecule has 0 heteroatoms. The van der Waals surface area contributed by atoms with E-state index in [9.17, 15) is 0 Å². The molecule has 0 rings (SSSR count). The van der Waals surface area contributed by atoms with Gasteiger partial charge in [0, 0.05) is 0 Å². The fourth-order valence-corrected chi connectivity index (χ4v) is 3.08. The highest BCUT2D eigenvalue weighted by molar-refractivity contribution is 4.79. The molecule has 0 saturated heterocycles. The van der Waals surface area contributed by atoms with E-state index in [1.807, 2.05) is 0 Å². The molecule has 0 aromatic rings. The third-order valence-corrected chi connectivity index (χ3v) is 3.85. The highest BCUT2D eigenvalue weighted by Crippen LogP contribution is 2.39. The molecular weight excluding hydrogens is 180 g/mol. The molecular formula is C15H32. The van der Waals surface area contributed by atoms with Gasteiger partial charge >= 0.3 is 0 Å². The molecule has 15 heavy (non-hydrogen) atoms. The SMILES string of the molecule is CCC(C(C)C)C(C)(C)CCCC(C)C. The van der Waals surface area contributed by atoms with Gasteiger partial charge < -0.3 is 0 Å². The molecule has 0 amide bonds. The summed E-state index contributed by atoms with van der Waals surface area (Å²) in [6.45, 7) is 16.7. The minimum Gasteiger partial charge on any atom is -0.0651 e. The zero-order chi connectivity index (χ0) is 12.1. The lowest BCUT2D eigenvalue weighted by atomic mass is 9.69. The van der Waals surface area contributed by atoms with Gasteiger partial charge in [-0.25, -0.2) is 0 Å². The van der Waals surface area contributed by atoms with Crippen LogP contribution in [0.2, 0.25) is 0 Å². The first kappa shape index (κ1) is 15.0. The molecule has 0 spiro atoms. The second-order valence-electron chi connectivity index (χ2n) is 6.53. The average molecular weight is 212 g/mol. The Hall–Kier alpha value is 0. The third-order valence-electron chi connectivity index (χ3n) is 3.85. The van der Waals surface area contributed by atoms with Gasteiger partial charge in [0.2, 0.25) is 0 Å². The molecule has 0 aliphatic carbocycles. The van der Waals surface area contributed by atoms with E-state index in [1.54, 1.807) is 0 Å². The summed E-state index contributed by atoms with van der Waals surface area (Å²) in [6, 6.07) is 0. The molecule has 0 fully saturated rings. The average Bonchev–Trinajstić information content (AvgIpc) is 2.01. The van der Waals surface area contributed by atoms with Gasteiger partial charge in [-0.2, -0.15) is 0 Å². The summed E-state index contributed by atoms with van der Waals surface area (Å²) in [5.41, 5.74) is 0.526. The Morgan fingerprint density at radius 1 is 1.00 bits per heavy atom. The van der Waals surface area contributed by atoms with E-state index in [1.165, 1.54) is 25.7 Å². The van der Waals surface area contributed by atoms with Crippen LogP contribution in [0.15, 0.2) is 0 Å². The van der Waals surface area contributed by atoms with Crippen molar-refractivity contribution in [2.45, 2.75) is 74.1 Å². The van der Waals surface area contributed by atoms with Crippen molar-refractivity contribution in [3.8, 4) is 0 Å². The lowest BCUT2D eigenvalue weighted by Crippen LogP contribution is -2.28. The third kappa shape index (κ3) is 5.58. The van der Waals surface area contributed by atoms with Crippen LogP contribution in [0.5, 0.6) is 0 Å². The Kier molecular flexibility index (Phi) is 6.55. The zero-order valence-corrected chi connectivity index (χ0v) is 12.1. The molecule has 0 aromatic heterocycles. The van der Waals surface area contributed by atoms with E-state index in [4.69, 9.17) is 0 Å². The molecule has 0 N–H and O–H groups in total. The lowest BCUT2D eigenvalue weighted by Gasteiger charge is -2.37. The smallest absolute Gasteiger partial charge is 0.0324 e. The van der Waals surface area contributed by atoms with Crippen molar-refractivity contribution in [1.82, 2.24) is 0 Å². The van der Waals surface area contributed by atoms with Crippen molar-refractivity contribution in [3.05, 3.63) is 0 Å². The van der Waals surface area contributed by atoms with Gasteiger partial charge in [0.25, 0.3) is 0 Å². The number of hydrogen-bond acceptors (Lipinski definition) is 0. The van der Waals surface area contributed by atoms with Crippen molar-refractivity contribution in [2.75, 3.05) is 0 Å². The lowest BCUT2D eigenvalue weighted by molar-refractivity contribution is 0.133. The predicted octanol–water partition coefficient (Wildman–Crippen LogP) is 5.52. The van der Waals surface area contributed by atoms with Crippen LogP contribution in [0.1, 0.15) is 74.1 Å². The molecule has 0 saturated carbocycles. The van der Waals surface area contributed by atoms with E-state index in [0.29, 0.717) is 5.41 Å². The van der Waals surface area contributed by atoms with E-state index >= 15 is 0 Å². The summed E-state index contributed by atoms with van der Waals surface area (Å²) >= 11 is 0. The quantitative estimate of drug-likeness (QED) is 0.521. The maximum atomic E-state index is 2.46. The molecule has 0 bridgehead atoms. The largest absolute Gasteiger partial charge is 0.0651 e. The van der Waals surface area contributed by atoms with E-state index in [2.05, 4.69) is 48.5 Å². The Labute approximate surface area is 97.8 Å². The Bertz CT molecular complexity index is 153. The summed E-state index contributed by atoms with van der Waals surface area (Å²) < 4.78 is 0. The molecule has 1 atom stereocenters.